The van der Waals surface area contributed by atoms with E-state index < -0.39 is 18.1 Å². The van der Waals surface area contributed by atoms with Gasteiger partial charge in [-0.3, -0.25) is 10.1 Å². The lowest BCUT2D eigenvalue weighted by molar-refractivity contribution is -0.139. The molecule has 0 aromatic heterocycles. The minimum atomic E-state index is -0.974. The molecule has 3 N–H and O–H groups in total. The number of aliphatic carboxylic acids is 1. The number of carbonyl (C=O) groups is 1. The molecule has 3 rings (SSSR count). The summed E-state index contributed by atoms with van der Waals surface area (Å²) >= 11 is 5.87. The summed E-state index contributed by atoms with van der Waals surface area (Å²) in [6.45, 7) is 0.221. The summed E-state index contributed by atoms with van der Waals surface area (Å²) in [7, 11) is 0. The molecule has 2 aromatic carbocycles. The van der Waals surface area contributed by atoms with Crippen molar-refractivity contribution in [2.45, 2.75) is 37.3 Å². The molecule has 0 saturated heterocycles. The minimum Gasteiger partial charge on any atom is -0.480 e. The molecule has 0 radical (unpaired) electrons. The first-order valence-electron chi connectivity index (χ1n) is 8.54. The van der Waals surface area contributed by atoms with Gasteiger partial charge in [0.25, 0.3) is 0 Å². The van der Waals surface area contributed by atoms with E-state index in [2.05, 4.69) is 17.4 Å². The van der Waals surface area contributed by atoms with Gasteiger partial charge in [0.05, 0.1) is 6.10 Å². The lowest BCUT2D eigenvalue weighted by atomic mass is 9.79. The van der Waals surface area contributed by atoms with Crippen LogP contribution in [0.1, 0.15) is 41.5 Å². The third-order valence-electron chi connectivity index (χ3n) is 4.86. The summed E-state index contributed by atoms with van der Waals surface area (Å²) < 4.78 is 0. The number of fused-ring (bicyclic) bond motifs is 1. The summed E-state index contributed by atoms with van der Waals surface area (Å²) in [5.74, 6) is -0.935. The van der Waals surface area contributed by atoms with Gasteiger partial charge in [-0.2, -0.15) is 0 Å². The van der Waals surface area contributed by atoms with Gasteiger partial charge in [0.15, 0.2) is 0 Å². The molecule has 0 saturated carbocycles. The Hall–Kier alpha value is -1.88. The zero-order valence-corrected chi connectivity index (χ0v) is 14.6. The molecule has 1 aliphatic carbocycles. The maximum absolute atomic E-state index is 11.6. The lowest BCUT2D eigenvalue weighted by Crippen LogP contribution is -2.38. The molecule has 2 aromatic rings. The molecule has 3 unspecified atom stereocenters. The Morgan fingerprint density at radius 2 is 1.92 bits per heavy atom. The molecule has 25 heavy (non-hydrogen) atoms. The van der Waals surface area contributed by atoms with Crippen molar-refractivity contribution in [1.82, 2.24) is 5.32 Å². The summed E-state index contributed by atoms with van der Waals surface area (Å²) in [5.41, 5.74) is 3.08. The Morgan fingerprint density at radius 1 is 1.20 bits per heavy atom. The quantitative estimate of drug-likeness (QED) is 0.738. The summed E-state index contributed by atoms with van der Waals surface area (Å²) in [4.78, 5) is 11.6. The number of carboxylic acid groups (broad SMARTS) is 1. The zero-order valence-electron chi connectivity index (χ0n) is 13.9. The van der Waals surface area contributed by atoms with Crippen molar-refractivity contribution in [3.63, 3.8) is 0 Å². The van der Waals surface area contributed by atoms with Crippen LogP contribution in [0.15, 0.2) is 48.5 Å². The second-order valence-corrected chi connectivity index (χ2v) is 6.93. The third kappa shape index (κ3) is 4.21. The summed E-state index contributed by atoms with van der Waals surface area (Å²) in [5, 5.41) is 23.7. The molecule has 0 spiro atoms. The van der Waals surface area contributed by atoms with Crippen LogP contribution in [0.5, 0.6) is 0 Å². The first-order chi connectivity index (χ1) is 12.1. The first kappa shape index (κ1) is 17.9. The van der Waals surface area contributed by atoms with E-state index in [1.54, 1.807) is 24.3 Å². The minimum absolute atomic E-state index is 0.0390. The van der Waals surface area contributed by atoms with Crippen molar-refractivity contribution in [3.05, 3.63) is 70.2 Å². The van der Waals surface area contributed by atoms with E-state index in [0.717, 1.165) is 19.3 Å². The van der Waals surface area contributed by atoms with Gasteiger partial charge in [-0.25, -0.2) is 0 Å². The number of halogens is 1. The van der Waals surface area contributed by atoms with E-state index in [1.807, 2.05) is 12.1 Å². The molecule has 0 aliphatic heterocycles. The van der Waals surface area contributed by atoms with Crippen molar-refractivity contribution in [2.24, 2.45) is 0 Å². The van der Waals surface area contributed by atoms with Gasteiger partial charge < -0.3 is 10.2 Å². The van der Waals surface area contributed by atoms with Gasteiger partial charge >= 0.3 is 5.97 Å². The van der Waals surface area contributed by atoms with Gasteiger partial charge in [-0.05, 0) is 48.1 Å². The fraction of sp³-hybridized carbons (Fsp3) is 0.350. The molecule has 5 heteroatoms. The number of benzene rings is 2. The fourth-order valence-electron chi connectivity index (χ4n) is 3.58. The third-order valence-corrected chi connectivity index (χ3v) is 5.11. The Labute approximate surface area is 152 Å². The van der Waals surface area contributed by atoms with E-state index in [1.165, 1.54) is 11.1 Å². The Bertz CT molecular complexity index is 732. The highest BCUT2D eigenvalue weighted by Crippen LogP contribution is 2.34. The first-order valence-corrected chi connectivity index (χ1v) is 8.91. The number of nitrogens with one attached hydrogen (secondary N) is 1. The van der Waals surface area contributed by atoms with Crippen LogP contribution in [0.2, 0.25) is 5.02 Å². The molecule has 3 atom stereocenters. The van der Waals surface area contributed by atoms with E-state index in [9.17, 15) is 15.0 Å². The van der Waals surface area contributed by atoms with Crippen LogP contribution in [0.4, 0.5) is 0 Å². The number of hydrogen-bond donors (Lipinski definition) is 3. The smallest absolute Gasteiger partial charge is 0.325 e. The van der Waals surface area contributed by atoms with Crippen LogP contribution in [-0.2, 0) is 11.2 Å². The van der Waals surface area contributed by atoms with Gasteiger partial charge in [0.1, 0.15) is 6.04 Å². The molecule has 1 aliphatic rings. The van der Waals surface area contributed by atoms with Gasteiger partial charge in [0.2, 0.25) is 0 Å². The Balaban J connectivity index is 1.69. The summed E-state index contributed by atoms with van der Waals surface area (Å²) in [6.07, 6.45) is 2.36. The largest absolute Gasteiger partial charge is 0.480 e. The predicted molar refractivity (Wildman–Crippen MR) is 98.0 cm³/mol. The lowest BCUT2D eigenvalue weighted by Gasteiger charge is -2.30. The topological polar surface area (TPSA) is 69.6 Å². The molecule has 132 valence electrons. The van der Waals surface area contributed by atoms with Crippen LogP contribution >= 0.6 is 11.6 Å². The molecular formula is C20H22ClNO3. The molecule has 0 fully saturated rings. The Kier molecular flexibility index (Phi) is 5.74. The second kappa shape index (κ2) is 8.00. The highest BCUT2D eigenvalue weighted by Gasteiger charge is 2.28. The van der Waals surface area contributed by atoms with Crippen molar-refractivity contribution < 1.29 is 15.0 Å². The van der Waals surface area contributed by atoms with Crippen molar-refractivity contribution in [3.8, 4) is 0 Å². The molecule has 0 bridgehead atoms. The van der Waals surface area contributed by atoms with E-state index in [4.69, 9.17) is 11.6 Å². The SMILES string of the molecule is O=C(O)C(NCC(O)C1CCCc2ccccc21)c1ccc(Cl)cc1. The second-order valence-electron chi connectivity index (χ2n) is 6.50. The molecule has 0 heterocycles. The number of aliphatic hydroxyl groups is 1. The van der Waals surface area contributed by atoms with Gasteiger partial charge in [-0.1, -0.05) is 48.0 Å². The number of rotatable bonds is 6. The van der Waals surface area contributed by atoms with Crippen molar-refractivity contribution >= 4 is 17.6 Å². The van der Waals surface area contributed by atoms with E-state index >= 15 is 0 Å². The number of aryl methyl sites for hydroxylation is 1. The van der Waals surface area contributed by atoms with Crippen molar-refractivity contribution in [2.75, 3.05) is 6.54 Å². The Morgan fingerprint density at radius 3 is 2.64 bits per heavy atom. The normalized spacial score (nSPS) is 19.0. The number of carboxylic acids is 1. The fourth-order valence-corrected chi connectivity index (χ4v) is 3.70. The zero-order chi connectivity index (χ0) is 17.8. The molecule has 4 nitrogen and oxygen atoms in total. The number of hydrogen-bond acceptors (Lipinski definition) is 3. The highest BCUT2D eigenvalue weighted by molar-refractivity contribution is 6.30. The van der Waals surface area contributed by atoms with Crippen LogP contribution in [0.3, 0.4) is 0 Å². The maximum atomic E-state index is 11.6. The average Bonchev–Trinajstić information content (AvgIpc) is 2.62. The van der Waals surface area contributed by atoms with E-state index in [0.29, 0.717) is 10.6 Å². The number of aliphatic hydroxyl groups excluding tert-OH is 1. The maximum Gasteiger partial charge on any atom is 0.325 e. The predicted octanol–water partition coefficient (Wildman–Crippen LogP) is 3.54. The monoisotopic (exact) mass is 359 g/mol. The van der Waals surface area contributed by atoms with Crippen LogP contribution in [0.25, 0.3) is 0 Å². The van der Waals surface area contributed by atoms with Crippen LogP contribution in [-0.4, -0.2) is 28.8 Å². The summed E-state index contributed by atoms with van der Waals surface area (Å²) in [6, 6.07) is 14.0. The average molecular weight is 360 g/mol. The van der Waals surface area contributed by atoms with Crippen LogP contribution in [0, 0.1) is 0 Å². The highest BCUT2D eigenvalue weighted by atomic mass is 35.5. The van der Waals surface area contributed by atoms with Crippen LogP contribution < -0.4 is 5.32 Å². The van der Waals surface area contributed by atoms with Gasteiger partial charge in [0, 0.05) is 17.5 Å². The van der Waals surface area contributed by atoms with Crippen molar-refractivity contribution in [1.29, 1.82) is 0 Å². The molecular weight excluding hydrogens is 338 g/mol. The van der Waals surface area contributed by atoms with E-state index in [-0.39, 0.29) is 12.5 Å². The molecule has 0 amide bonds. The standard InChI is InChI=1S/C20H22ClNO3/c21-15-10-8-14(9-11-15)19(20(24)25)22-12-18(23)17-7-3-5-13-4-1-2-6-16(13)17/h1-2,4,6,8-11,17-19,22-23H,3,5,7,12H2,(H,24,25). The van der Waals surface area contributed by atoms with Gasteiger partial charge in [-0.15, -0.1) is 0 Å².